The molecule has 2 unspecified atom stereocenters. The van der Waals surface area contributed by atoms with Gasteiger partial charge < -0.3 is 4.74 Å². The molecule has 0 aromatic heterocycles. The molecule has 0 saturated carbocycles. The number of morpholine rings is 1. The summed E-state index contributed by atoms with van der Waals surface area (Å²) in [7, 11) is -3.45. The van der Waals surface area contributed by atoms with E-state index < -0.39 is 10.0 Å². The van der Waals surface area contributed by atoms with Gasteiger partial charge in [0.15, 0.2) is 0 Å². The smallest absolute Gasteiger partial charge is 0.243 e. The van der Waals surface area contributed by atoms with Gasteiger partial charge in [-0.3, -0.25) is 0 Å². The minimum absolute atomic E-state index is 0.0564. The molecule has 21 heavy (non-hydrogen) atoms. The summed E-state index contributed by atoms with van der Waals surface area (Å²) in [5.74, 6) is 0.334. The van der Waals surface area contributed by atoms with Crippen LogP contribution in [-0.2, 0) is 27.1 Å². The second kappa shape index (κ2) is 5.88. The van der Waals surface area contributed by atoms with Crippen molar-refractivity contribution in [2.24, 2.45) is 0 Å². The Bertz CT molecular complexity index is 620. The van der Waals surface area contributed by atoms with Crippen molar-refractivity contribution in [1.82, 2.24) is 4.31 Å². The van der Waals surface area contributed by atoms with Crippen LogP contribution >= 0.6 is 11.6 Å². The number of ether oxygens (including phenoxy) is 1. The van der Waals surface area contributed by atoms with Crippen LogP contribution in [-0.4, -0.2) is 38.0 Å². The molecule has 2 aliphatic heterocycles. The van der Waals surface area contributed by atoms with Crippen LogP contribution in [0.15, 0.2) is 23.1 Å². The zero-order valence-electron chi connectivity index (χ0n) is 12.1. The van der Waals surface area contributed by atoms with Crippen LogP contribution in [0.5, 0.6) is 0 Å². The van der Waals surface area contributed by atoms with Gasteiger partial charge in [0.05, 0.1) is 17.1 Å². The fourth-order valence-electron chi connectivity index (χ4n) is 3.15. The Kier molecular flexibility index (Phi) is 4.28. The molecule has 1 aromatic rings. The van der Waals surface area contributed by atoms with E-state index in [1.54, 1.807) is 16.4 Å². The van der Waals surface area contributed by atoms with E-state index >= 15 is 0 Å². The van der Waals surface area contributed by atoms with Gasteiger partial charge in [0, 0.05) is 19.0 Å². The summed E-state index contributed by atoms with van der Waals surface area (Å²) in [4.78, 5) is 0.344. The first-order valence-corrected chi connectivity index (χ1v) is 9.35. The molecule has 2 aliphatic rings. The maximum absolute atomic E-state index is 12.8. The number of halogens is 1. The van der Waals surface area contributed by atoms with E-state index in [0.29, 0.717) is 23.9 Å². The molecule has 0 N–H and O–H groups in total. The molecular formula is C15H20ClNO3S. The van der Waals surface area contributed by atoms with Gasteiger partial charge >= 0.3 is 0 Å². The molecule has 0 aliphatic carbocycles. The Morgan fingerprint density at radius 1 is 1.24 bits per heavy atom. The third-order valence-corrected chi connectivity index (χ3v) is 6.47. The van der Waals surface area contributed by atoms with Gasteiger partial charge in [-0.25, -0.2) is 8.42 Å². The maximum Gasteiger partial charge on any atom is 0.243 e. The van der Waals surface area contributed by atoms with Crippen molar-refractivity contribution in [3.63, 3.8) is 0 Å². The first kappa shape index (κ1) is 15.3. The molecule has 1 aromatic carbocycles. The fourth-order valence-corrected chi connectivity index (χ4v) is 4.96. The maximum atomic E-state index is 12.8. The summed E-state index contributed by atoms with van der Waals surface area (Å²) in [6, 6.07) is 5.29. The summed E-state index contributed by atoms with van der Waals surface area (Å²) in [6.07, 6.45) is 2.88. The van der Waals surface area contributed by atoms with Crippen LogP contribution in [0.25, 0.3) is 0 Å². The number of rotatable bonds is 4. The Balaban J connectivity index is 1.91. The van der Waals surface area contributed by atoms with Crippen molar-refractivity contribution in [3.8, 4) is 0 Å². The molecule has 0 radical (unpaired) electrons. The molecule has 6 heteroatoms. The molecule has 4 nitrogen and oxygen atoms in total. The number of benzene rings is 1. The van der Waals surface area contributed by atoms with Crippen molar-refractivity contribution >= 4 is 21.6 Å². The number of alkyl halides is 1. The molecule has 2 heterocycles. The molecule has 2 bridgehead atoms. The van der Waals surface area contributed by atoms with Crippen LogP contribution in [0.3, 0.4) is 0 Å². The number of nitrogens with zero attached hydrogens (tertiary/aromatic N) is 1. The third kappa shape index (κ3) is 2.84. The predicted molar refractivity (Wildman–Crippen MR) is 82.0 cm³/mol. The number of hydrogen-bond acceptors (Lipinski definition) is 3. The molecule has 2 saturated heterocycles. The van der Waals surface area contributed by atoms with E-state index in [1.807, 2.05) is 13.0 Å². The van der Waals surface area contributed by atoms with Gasteiger partial charge in [-0.1, -0.05) is 13.0 Å². The van der Waals surface area contributed by atoms with Crippen LogP contribution in [0.4, 0.5) is 0 Å². The SMILES string of the molecule is CCc1ccc(S(=O)(=O)N2CC3CCC(C2)O3)cc1CCl. The van der Waals surface area contributed by atoms with Gasteiger partial charge in [-0.05, 0) is 42.5 Å². The van der Waals surface area contributed by atoms with Crippen LogP contribution in [0.1, 0.15) is 30.9 Å². The van der Waals surface area contributed by atoms with Gasteiger partial charge in [-0.2, -0.15) is 4.31 Å². The molecular weight excluding hydrogens is 310 g/mol. The van der Waals surface area contributed by atoms with Gasteiger partial charge in [-0.15, -0.1) is 11.6 Å². The lowest BCUT2D eigenvalue weighted by Gasteiger charge is -2.31. The molecule has 2 atom stereocenters. The van der Waals surface area contributed by atoms with Crippen molar-refractivity contribution in [3.05, 3.63) is 29.3 Å². The third-order valence-electron chi connectivity index (χ3n) is 4.35. The minimum atomic E-state index is -3.45. The lowest BCUT2D eigenvalue weighted by atomic mass is 10.1. The average molecular weight is 330 g/mol. The Hall–Kier alpha value is -0.620. The highest BCUT2D eigenvalue weighted by molar-refractivity contribution is 7.89. The van der Waals surface area contributed by atoms with Crippen LogP contribution < -0.4 is 0 Å². The highest BCUT2D eigenvalue weighted by Crippen LogP contribution is 2.30. The second-order valence-corrected chi connectivity index (χ2v) is 7.90. The summed E-state index contributed by atoms with van der Waals surface area (Å²) in [5, 5.41) is 0. The van der Waals surface area contributed by atoms with Gasteiger partial charge in [0.25, 0.3) is 0 Å². The molecule has 0 amide bonds. The van der Waals surface area contributed by atoms with E-state index in [0.717, 1.165) is 30.4 Å². The van der Waals surface area contributed by atoms with E-state index in [9.17, 15) is 8.42 Å². The lowest BCUT2D eigenvalue weighted by Crippen LogP contribution is -2.45. The monoisotopic (exact) mass is 329 g/mol. The topological polar surface area (TPSA) is 46.6 Å². The number of fused-ring (bicyclic) bond motifs is 2. The normalized spacial score (nSPS) is 26.2. The van der Waals surface area contributed by atoms with Gasteiger partial charge in [0.1, 0.15) is 0 Å². The van der Waals surface area contributed by atoms with Crippen molar-refractivity contribution in [2.75, 3.05) is 13.1 Å². The fraction of sp³-hybridized carbons (Fsp3) is 0.600. The quantitative estimate of drug-likeness (QED) is 0.797. The Labute approximate surface area is 131 Å². The van der Waals surface area contributed by atoms with Crippen LogP contribution in [0, 0.1) is 0 Å². The van der Waals surface area contributed by atoms with Crippen LogP contribution in [0.2, 0.25) is 0 Å². The largest absolute Gasteiger partial charge is 0.372 e. The Morgan fingerprint density at radius 3 is 2.48 bits per heavy atom. The van der Waals surface area contributed by atoms with E-state index in [-0.39, 0.29) is 12.2 Å². The molecule has 3 rings (SSSR count). The lowest BCUT2D eigenvalue weighted by molar-refractivity contribution is -0.0114. The van der Waals surface area contributed by atoms with Crippen molar-refractivity contribution < 1.29 is 13.2 Å². The summed E-state index contributed by atoms with van der Waals surface area (Å²) in [5.41, 5.74) is 2.00. The zero-order chi connectivity index (χ0) is 15.0. The molecule has 116 valence electrons. The Morgan fingerprint density at radius 2 is 1.90 bits per heavy atom. The number of hydrogen-bond donors (Lipinski definition) is 0. The first-order valence-electron chi connectivity index (χ1n) is 7.38. The summed E-state index contributed by atoms with van der Waals surface area (Å²) < 4.78 is 32.9. The van der Waals surface area contributed by atoms with E-state index in [1.165, 1.54) is 0 Å². The van der Waals surface area contributed by atoms with Crippen molar-refractivity contribution in [1.29, 1.82) is 0 Å². The summed E-state index contributed by atoms with van der Waals surface area (Å²) in [6.45, 7) is 2.97. The molecule has 2 fully saturated rings. The first-order chi connectivity index (χ1) is 10.0. The standard InChI is InChI=1S/C15H20ClNO3S/c1-2-11-3-6-15(7-12(11)8-16)21(18,19)17-9-13-4-5-14(10-17)20-13/h3,6-7,13-14H,2,4-5,8-10H2,1H3. The summed E-state index contributed by atoms with van der Waals surface area (Å²) >= 11 is 5.95. The second-order valence-electron chi connectivity index (χ2n) is 5.70. The van der Waals surface area contributed by atoms with E-state index in [4.69, 9.17) is 16.3 Å². The highest BCUT2D eigenvalue weighted by Gasteiger charge is 2.39. The highest BCUT2D eigenvalue weighted by atomic mass is 35.5. The minimum Gasteiger partial charge on any atom is -0.372 e. The number of sulfonamides is 1. The zero-order valence-corrected chi connectivity index (χ0v) is 13.7. The average Bonchev–Trinajstić information content (AvgIpc) is 2.84. The van der Waals surface area contributed by atoms with Gasteiger partial charge in [0.2, 0.25) is 10.0 Å². The van der Waals surface area contributed by atoms with E-state index in [2.05, 4.69) is 0 Å². The molecule has 0 spiro atoms. The predicted octanol–water partition coefficient (Wildman–Crippen LogP) is 2.54. The number of aryl methyl sites for hydroxylation is 1. The van der Waals surface area contributed by atoms with Crippen molar-refractivity contribution in [2.45, 2.75) is 49.2 Å².